The number of nitrogens with zero attached hydrogens (tertiary/aromatic N) is 3. The number of aromatic nitrogens is 2. The number of non-ortho nitro benzene ring substituents is 1. The summed E-state index contributed by atoms with van der Waals surface area (Å²) in [5, 5.41) is 10.8. The van der Waals surface area contributed by atoms with Crippen LogP contribution >= 0.6 is 0 Å². The molecule has 0 amide bonds. The third kappa shape index (κ3) is 7.58. The van der Waals surface area contributed by atoms with E-state index in [1.807, 2.05) is 11.6 Å². The number of ether oxygens (including phenoxy) is 1. The molecule has 2 rings (SSSR count). The number of nitro groups is 1. The lowest BCUT2D eigenvalue weighted by Crippen LogP contribution is -2.05. The predicted molar refractivity (Wildman–Crippen MR) is 100 cm³/mol. The van der Waals surface area contributed by atoms with Crippen molar-refractivity contribution in [3.05, 3.63) is 34.1 Å². The molecular formula is C16H23N3O8S. The molecule has 0 unspecified atom stereocenters. The number of carbonyl (C=O) groups is 1. The number of nitro benzene ring substituents is 1. The number of hydrogen-bond donors (Lipinski definition) is 1. The number of imidazole rings is 1. The van der Waals surface area contributed by atoms with Gasteiger partial charge in [-0.25, -0.2) is 9.17 Å². The molecule has 1 aromatic carbocycles. The van der Waals surface area contributed by atoms with Crippen LogP contribution in [0.3, 0.4) is 0 Å². The number of carbonyl (C=O) groups excluding carboxylic acids is 1. The first kappa shape index (κ1) is 23.5. The third-order valence-corrected chi connectivity index (χ3v) is 4.05. The molecule has 1 aromatic heterocycles. The summed E-state index contributed by atoms with van der Waals surface area (Å²) < 4.78 is 37.4. The van der Waals surface area contributed by atoms with Crippen LogP contribution in [0.15, 0.2) is 18.2 Å². The molecule has 1 N–H and O–H groups in total. The molecule has 1 heterocycles. The standard InChI is InChI=1S/C14H17N3O4.C2H6O4S/c1-3-21-14(18)6-4-5-13-15-11-8-7-10(17(19)20)9-12(11)16(13)2;1-2-6-7(3,4)5/h7-9H,3-6H2,1-2H3;2H2,1H3,(H,3,4,5). The normalized spacial score (nSPS) is 11.0. The molecule has 0 aliphatic heterocycles. The number of hydrogen-bond acceptors (Lipinski definition) is 8. The van der Waals surface area contributed by atoms with Gasteiger partial charge in [-0.3, -0.25) is 19.5 Å². The predicted octanol–water partition coefficient (Wildman–Crippen LogP) is 2.19. The van der Waals surface area contributed by atoms with E-state index in [9.17, 15) is 23.3 Å². The average Bonchev–Trinajstić information content (AvgIpc) is 2.90. The van der Waals surface area contributed by atoms with Crippen molar-refractivity contribution in [3.63, 3.8) is 0 Å². The van der Waals surface area contributed by atoms with Crippen LogP contribution in [0, 0.1) is 10.1 Å². The molecule has 0 fully saturated rings. The van der Waals surface area contributed by atoms with Gasteiger partial charge < -0.3 is 9.30 Å². The van der Waals surface area contributed by atoms with E-state index in [4.69, 9.17) is 9.29 Å². The molecule has 11 nitrogen and oxygen atoms in total. The highest BCUT2D eigenvalue weighted by Gasteiger charge is 2.13. The van der Waals surface area contributed by atoms with E-state index in [-0.39, 0.29) is 18.3 Å². The Hall–Kier alpha value is -2.57. The molecule has 0 saturated carbocycles. The summed E-state index contributed by atoms with van der Waals surface area (Å²) in [5.74, 6) is 0.585. The van der Waals surface area contributed by atoms with Gasteiger partial charge in [-0.2, -0.15) is 8.42 Å². The second kappa shape index (κ2) is 10.7. The van der Waals surface area contributed by atoms with E-state index in [0.29, 0.717) is 31.4 Å². The van der Waals surface area contributed by atoms with Gasteiger partial charge in [0.15, 0.2) is 0 Å². The van der Waals surface area contributed by atoms with Crippen molar-refractivity contribution in [2.24, 2.45) is 7.05 Å². The van der Waals surface area contributed by atoms with Crippen LogP contribution in [0.1, 0.15) is 32.5 Å². The first-order valence-electron chi connectivity index (χ1n) is 8.46. The molecule has 28 heavy (non-hydrogen) atoms. The van der Waals surface area contributed by atoms with E-state index in [2.05, 4.69) is 9.17 Å². The van der Waals surface area contributed by atoms with Crippen molar-refractivity contribution >= 4 is 33.1 Å². The maximum Gasteiger partial charge on any atom is 0.397 e. The molecule has 0 saturated heterocycles. The third-order valence-electron chi connectivity index (χ3n) is 3.52. The number of fused-ring (bicyclic) bond motifs is 1. The quantitative estimate of drug-likeness (QED) is 0.295. The molecule has 0 radical (unpaired) electrons. The summed E-state index contributed by atoms with van der Waals surface area (Å²) in [6.45, 7) is 3.59. The molecule has 0 spiro atoms. The van der Waals surface area contributed by atoms with Crippen molar-refractivity contribution in [2.75, 3.05) is 13.2 Å². The van der Waals surface area contributed by atoms with Crippen molar-refractivity contribution in [1.29, 1.82) is 0 Å². The largest absolute Gasteiger partial charge is 0.466 e. The summed E-state index contributed by atoms with van der Waals surface area (Å²) in [6, 6.07) is 4.59. The van der Waals surface area contributed by atoms with Crippen molar-refractivity contribution in [2.45, 2.75) is 33.1 Å². The Morgan fingerprint density at radius 3 is 2.50 bits per heavy atom. The number of rotatable bonds is 8. The molecule has 0 aliphatic rings. The highest BCUT2D eigenvalue weighted by atomic mass is 32.3. The van der Waals surface area contributed by atoms with Crippen molar-refractivity contribution in [3.8, 4) is 0 Å². The molecule has 12 heteroatoms. The van der Waals surface area contributed by atoms with Crippen LogP contribution in [-0.4, -0.2) is 46.6 Å². The molecule has 2 aromatic rings. The monoisotopic (exact) mass is 417 g/mol. The van der Waals surface area contributed by atoms with Crippen LogP contribution in [0.2, 0.25) is 0 Å². The van der Waals surface area contributed by atoms with Gasteiger partial charge in [-0.05, 0) is 26.3 Å². The van der Waals surface area contributed by atoms with Crippen LogP contribution in [0.5, 0.6) is 0 Å². The van der Waals surface area contributed by atoms with Gasteiger partial charge >= 0.3 is 16.4 Å². The smallest absolute Gasteiger partial charge is 0.397 e. The van der Waals surface area contributed by atoms with Crippen LogP contribution in [-0.2, 0) is 37.6 Å². The fourth-order valence-corrected chi connectivity index (χ4v) is 2.64. The first-order valence-corrected chi connectivity index (χ1v) is 9.82. The highest BCUT2D eigenvalue weighted by molar-refractivity contribution is 7.80. The SMILES string of the molecule is CCOC(=O)CCCc1nc2ccc([N+](=O)[O-])cc2n1C.CCOS(=O)(=O)O. The zero-order valence-electron chi connectivity index (χ0n) is 15.8. The zero-order valence-corrected chi connectivity index (χ0v) is 16.6. The van der Waals surface area contributed by atoms with E-state index >= 15 is 0 Å². The minimum absolute atomic E-state index is 0.0289. The Bertz CT molecular complexity index is 923. The number of esters is 1. The first-order chi connectivity index (χ1) is 13.1. The van der Waals surface area contributed by atoms with Gasteiger partial charge in [0.25, 0.3) is 5.69 Å². The fourth-order valence-electron chi connectivity index (χ4n) is 2.34. The Kier molecular flexibility index (Phi) is 8.96. The average molecular weight is 417 g/mol. The zero-order chi connectivity index (χ0) is 21.3. The second-order valence-electron chi connectivity index (χ2n) is 5.51. The highest BCUT2D eigenvalue weighted by Crippen LogP contribution is 2.21. The lowest BCUT2D eigenvalue weighted by molar-refractivity contribution is -0.384. The van der Waals surface area contributed by atoms with Gasteiger partial charge in [0.2, 0.25) is 0 Å². The number of benzene rings is 1. The Labute approximate surface area is 162 Å². The van der Waals surface area contributed by atoms with Gasteiger partial charge in [0.05, 0.1) is 29.2 Å². The Morgan fingerprint density at radius 1 is 1.32 bits per heavy atom. The summed E-state index contributed by atoms with van der Waals surface area (Å²) in [6.07, 6.45) is 1.60. The minimum Gasteiger partial charge on any atom is -0.466 e. The fraction of sp³-hybridized carbons (Fsp3) is 0.500. The van der Waals surface area contributed by atoms with Gasteiger partial charge in [0.1, 0.15) is 5.82 Å². The topological polar surface area (TPSA) is 151 Å². The number of aryl methyl sites for hydroxylation is 2. The molecule has 0 aliphatic carbocycles. The summed E-state index contributed by atoms with van der Waals surface area (Å²) >= 11 is 0. The molecule has 0 atom stereocenters. The van der Waals surface area contributed by atoms with Crippen molar-refractivity contribution in [1.82, 2.24) is 9.55 Å². The van der Waals surface area contributed by atoms with Gasteiger partial charge in [0, 0.05) is 32.0 Å². The summed E-state index contributed by atoms with van der Waals surface area (Å²) in [4.78, 5) is 26.1. The minimum atomic E-state index is -4.17. The van der Waals surface area contributed by atoms with Crippen LogP contribution in [0.4, 0.5) is 5.69 Å². The van der Waals surface area contributed by atoms with E-state index in [1.54, 1.807) is 13.0 Å². The van der Waals surface area contributed by atoms with Crippen LogP contribution in [0.25, 0.3) is 11.0 Å². The lowest BCUT2D eigenvalue weighted by atomic mass is 10.2. The molecular weight excluding hydrogens is 394 g/mol. The van der Waals surface area contributed by atoms with Gasteiger partial charge in [-0.1, -0.05) is 0 Å². The van der Waals surface area contributed by atoms with Gasteiger partial charge in [-0.15, -0.1) is 0 Å². The Morgan fingerprint density at radius 2 is 2.00 bits per heavy atom. The molecule has 0 bridgehead atoms. The van der Waals surface area contributed by atoms with Crippen LogP contribution < -0.4 is 0 Å². The maximum atomic E-state index is 11.3. The maximum absolute atomic E-state index is 11.3. The van der Waals surface area contributed by atoms with E-state index < -0.39 is 15.3 Å². The second-order valence-corrected chi connectivity index (χ2v) is 6.60. The van der Waals surface area contributed by atoms with E-state index in [1.165, 1.54) is 19.1 Å². The lowest BCUT2D eigenvalue weighted by Gasteiger charge is -2.03. The van der Waals surface area contributed by atoms with Crippen molar-refractivity contribution < 1.29 is 31.6 Å². The summed E-state index contributed by atoms with van der Waals surface area (Å²) in [5.41, 5.74) is 1.48. The summed E-state index contributed by atoms with van der Waals surface area (Å²) in [7, 11) is -2.36. The van der Waals surface area contributed by atoms with E-state index in [0.717, 1.165) is 11.3 Å². The Balaban J connectivity index is 0.000000480. The molecule has 156 valence electrons.